The number of rotatable bonds is 7. The van der Waals surface area contributed by atoms with Crippen LogP contribution in [0.2, 0.25) is 0 Å². The molecule has 0 amide bonds. The van der Waals surface area contributed by atoms with Gasteiger partial charge in [-0.05, 0) is 43.3 Å². The Morgan fingerprint density at radius 1 is 0.900 bits per heavy atom. The molecule has 2 aromatic carbocycles. The van der Waals surface area contributed by atoms with Gasteiger partial charge < -0.3 is 14.2 Å². The van der Waals surface area contributed by atoms with Crippen LogP contribution in [0.5, 0.6) is 5.75 Å². The molecule has 0 bridgehead atoms. The monoisotopic (exact) mass is 431 g/mol. The lowest BCUT2D eigenvalue weighted by atomic mass is 10.0. The first-order valence-electron chi connectivity index (χ1n) is 8.66. The molecule has 0 atom stereocenters. The summed E-state index contributed by atoms with van der Waals surface area (Å²) >= 11 is 0. The number of hydrogen-bond acceptors (Lipinski definition) is 7. The van der Waals surface area contributed by atoms with Crippen LogP contribution in [0, 0.1) is 6.92 Å². The van der Waals surface area contributed by atoms with Crippen molar-refractivity contribution in [2.45, 2.75) is 11.8 Å². The third-order valence-corrected chi connectivity index (χ3v) is 5.31. The fourth-order valence-electron chi connectivity index (χ4n) is 2.40. The summed E-state index contributed by atoms with van der Waals surface area (Å²) in [6.07, 6.45) is 0.833. The lowest BCUT2D eigenvalue weighted by Gasteiger charge is -2.11. The molecular weight excluding hydrogens is 410 g/mol. The van der Waals surface area contributed by atoms with Gasteiger partial charge in [0.25, 0.3) is 10.0 Å². The molecule has 0 N–H and O–H groups in total. The Labute approximate surface area is 174 Å². The average Bonchev–Trinajstić information content (AvgIpc) is 2.75. The Morgan fingerprint density at radius 3 is 2.00 bits per heavy atom. The van der Waals surface area contributed by atoms with Gasteiger partial charge in [-0.2, -0.15) is 12.8 Å². The van der Waals surface area contributed by atoms with Gasteiger partial charge in [0.15, 0.2) is 0 Å². The predicted molar refractivity (Wildman–Crippen MR) is 110 cm³/mol. The number of esters is 2. The second-order valence-corrected chi connectivity index (χ2v) is 7.63. The van der Waals surface area contributed by atoms with Crippen molar-refractivity contribution in [1.82, 2.24) is 0 Å². The van der Waals surface area contributed by atoms with E-state index in [2.05, 4.69) is 9.13 Å². The minimum atomic E-state index is -4.21. The van der Waals surface area contributed by atoms with E-state index in [4.69, 9.17) is 9.47 Å². The molecular formula is C21H21NO7S. The Balaban J connectivity index is 2.75. The number of benzene rings is 2. The summed E-state index contributed by atoms with van der Waals surface area (Å²) in [7, 11) is -0.508. The lowest BCUT2D eigenvalue weighted by molar-refractivity contribution is -0.138. The molecule has 0 fully saturated rings. The smallest absolute Gasteiger partial charge is 0.340 e. The van der Waals surface area contributed by atoms with Gasteiger partial charge in [-0.15, -0.1) is 0 Å². The number of hydrogen-bond donors (Lipinski definition) is 0. The van der Waals surface area contributed by atoms with Crippen molar-refractivity contribution in [3.05, 3.63) is 71.3 Å². The molecule has 0 heterocycles. The summed E-state index contributed by atoms with van der Waals surface area (Å²) in [4.78, 5) is 24.1. The molecule has 8 nitrogen and oxygen atoms in total. The molecule has 2 aromatic rings. The van der Waals surface area contributed by atoms with Crippen molar-refractivity contribution in [2.75, 3.05) is 21.3 Å². The van der Waals surface area contributed by atoms with E-state index in [1.54, 1.807) is 24.3 Å². The van der Waals surface area contributed by atoms with E-state index in [1.165, 1.54) is 31.4 Å². The SMILES string of the molecule is COC(=O)/C=C(C(=O)OC)\C(=N\S(=O)(=O)c1ccc(C)cc1)c1ccc(OC)cc1. The highest BCUT2D eigenvalue weighted by atomic mass is 32.2. The first-order chi connectivity index (χ1) is 14.2. The molecule has 0 spiro atoms. The summed E-state index contributed by atoms with van der Waals surface area (Å²) < 4.78 is 44.1. The Hall–Kier alpha value is -3.46. The largest absolute Gasteiger partial charge is 0.497 e. The lowest BCUT2D eigenvalue weighted by Crippen LogP contribution is -2.19. The molecule has 158 valence electrons. The molecule has 0 aliphatic rings. The highest BCUT2D eigenvalue weighted by molar-refractivity contribution is 7.90. The number of carbonyl (C=O) groups excluding carboxylic acids is 2. The maximum absolute atomic E-state index is 12.9. The maximum Gasteiger partial charge on any atom is 0.340 e. The van der Waals surface area contributed by atoms with Gasteiger partial charge in [0.1, 0.15) is 5.75 Å². The van der Waals surface area contributed by atoms with E-state index in [0.29, 0.717) is 5.75 Å². The molecule has 9 heteroatoms. The second kappa shape index (κ2) is 9.84. The summed E-state index contributed by atoms with van der Waals surface area (Å²) in [5.74, 6) is -1.31. The van der Waals surface area contributed by atoms with Crippen molar-refractivity contribution < 1.29 is 32.2 Å². The van der Waals surface area contributed by atoms with Crippen LogP contribution in [-0.4, -0.2) is 47.4 Å². The molecule has 0 saturated carbocycles. The van der Waals surface area contributed by atoms with Crippen molar-refractivity contribution in [3.63, 3.8) is 0 Å². The summed E-state index contributed by atoms with van der Waals surface area (Å²) in [6.45, 7) is 1.82. The topological polar surface area (TPSA) is 108 Å². The minimum absolute atomic E-state index is 0.0682. The number of nitrogens with zero attached hydrogens (tertiary/aromatic N) is 1. The Kier molecular flexibility index (Phi) is 7.48. The van der Waals surface area contributed by atoms with Gasteiger partial charge in [-0.1, -0.05) is 17.7 Å². The third kappa shape index (κ3) is 5.54. The predicted octanol–water partition coefficient (Wildman–Crippen LogP) is 2.45. The molecule has 2 rings (SSSR count). The molecule has 0 aliphatic heterocycles. The molecule has 0 aliphatic carbocycles. The van der Waals surface area contributed by atoms with E-state index in [0.717, 1.165) is 25.9 Å². The summed E-state index contributed by atoms with van der Waals surface area (Å²) in [6, 6.07) is 12.2. The zero-order chi connectivity index (χ0) is 22.3. The first-order valence-corrected chi connectivity index (χ1v) is 10.1. The van der Waals surface area contributed by atoms with Crippen LogP contribution < -0.4 is 4.74 Å². The summed E-state index contributed by atoms with van der Waals surface area (Å²) in [5, 5.41) is 0. The van der Waals surface area contributed by atoms with Crippen LogP contribution in [0.1, 0.15) is 11.1 Å². The van der Waals surface area contributed by atoms with Gasteiger partial charge in [0.2, 0.25) is 0 Å². The van der Waals surface area contributed by atoms with Crippen molar-refractivity contribution >= 4 is 27.7 Å². The summed E-state index contributed by atoms with van der Waals surface area (Å²) in [5.41, 5.74) is 0.488. The Morgan fingerprint density at radius 2 is 1.50 bits per heavy atom. The van der Waals surface area contributed by atoms with E-state index < -0.39 is 22.0 Å². The standard InChI is InChI=1S/C21H21NO7S/c1-14-5-11-17(12-6-14)30(25,26)22-20(15-7-9-16(27-2)10-8-15)18(21(24)29-4)13-19(23)28-3/h5-13H,1-4H3/b18-13+,22-20+. The van der Waals surface area contributed by atoms with Gasteiger partial charge in [0.05, 0.1) is 37.5 Å². The molecule has 0 saturated heterocycles. The average molecular weight is 431 g/mol. The van der Waals surface area contributed by atoms with Crippen molar-refractivity contribution in [2.24, 2.45) is 4.40 Å². The normalized spacial score (nSPS) is 12.3. The minimum Gasteiger partial charge on any atom is -0.497 e. The highest BCUT2D eigenvalue weighted by Crippen LogP contribution is 2.21. The van der Waals surface area contributed by atoms with Crippen LogP contribution in [0.3, 0.4) is 0 Å². The van der Waals surface area contributed by atoms with E-state index >= 15 is 0 Å². The van der Waals surface area contributed by atoms with E-state index in [1.807, 2.05) is 6.92 Å². The van der Waals surface area contributed by atoms with Crippen LogP contribution in [-0.2, 0) is 29.1 Å². The van der Waals surface area contributed by atoms with E-state index in [-0.39, 0.29) is 21.7 Å². The van der Waals surface area contributed by atoms with Gasteiger partial charge >= 0.3 is 11.9 Å². The van der Waals surface area contributed by atoms with Crippen LogP contribution in [0.4, 0.5) is 0 Å². The van der Waals surface area contributed by atoms with Gasteiger partial charge in [-0.25, -0.2) is 9.59 Å². The maximum atomic E-state index is 12.9. The number of carbonyl (C=O) groups is 2. The number of aryl methyl sites for hydroxylation is 1. The third-order valence-electron chi connectivity index (χ3n) is 4.02. The molecule has 30 heavy (non-hydrogen) atoms. The zero-order valence-electron chi connectivity index (χ0n) is 16.9. The fraction of sp³-hybridized carbons (Fsp3) is 0.190. The number of ether oxygens (including phenoxy) is 3. The molecule has 0 unspecified atom stereocenters. The van der Waals surface area contributed by atoms with Gasteiger partial charge in [0, 0.05) is 11.6 Å². The van der Waals surface area contributed by atoms with Crippen LogP contribution >= 0.6 is 0 Å². The van der Waals surface area contributed by atoms with Crippen molar-refractivity contribution in [3.8, 4) is 5.75 Å². The Bertz CT molecular complexity index is 1080. The zero-order valence-corrected chi connectivity index (χ0v) is 17.7. The van der Waals surface area contributed by atoms with Crippen molar-refractivity contribution in [1.29, 1.82) is 0 Å². The highest BCUT2D eigenvalue weighted by Gasteiger charge is 2.24. The quantitative estimate of drug-likeness (QED) is 0.376. The van der Waals surface area contributed by atoms with Crippen LogP contribution in [0.25, 0.3) is 0 Å². The molecule has 0 radical (unpaired) electrons. The number of sulfonamides is 1. The fourth-order valence-corrected chi connectivity index (χ4v) is 3.43. The van der Waals surface area contributed by atoms with E-state index in [9.17, 15) is 18.0 Å². The molecule has 0 aromatic heterocycles. The van der Waals surface area contributed by atoms with Gasteiger partial charge in [-0.3, -0.25) is 0 Å². The second-order valence-electron chi connectivity index (χ2n) is 6.03. The van der Waals surface area contributed by atoms with Crippen LogP contribution in [0.15, 0.2) is 69.5 Å². The first kappa shape index (κ1) is 22.8. The number of methoxy groups -OCH3 is 3.